The van der Waals surface area contributed by atoms with Gasteiger partial charge in [-0.05, 0) is 33.9 Å². The van der Waals surface area contributed by atoms with Crippen LogP contribution < -0.4 is 0 Å². The second-order valence-electron chi connectivity index (χ2n) is 8.44. The van der Waals surface area contributed by atoms with Crippen molar-refractivity contribution in [3.63, 3.8) is 0 Å². The van der Waals surface area contributed by atoms with E-state index in [-0.39, 0.29) is 0 Å². The molecule has 24 heavy (non-hydrogen) atoms. The van der Waals surface area contributed by atoms with Crippen molar-refractivity contribution in [1.82, 2.24) is 4.90 Å². The summed E-state index contributed by atoms with van der Waals surface area (Å²) >= 11 is 0. The van der Waals surface area contributed by atoms with E-state index >= 15 is 0 Å². The minimum absolute atomic E-state index is 0.413. The first-order valence-corrected chi connectivity index (χ1v) is 11.2. The van der Waals surface area contributed by atoms with Crippen LogP contribution in [0, 0.1) is 0 Å². The fourth-order valence-corrected chi connectivity index (χ4v) is 3.59. The number of rotatable bonds is 18. The molecule has 1 unspecified atom stereocenters. The Bertz CT molecular complexity index is 248. The third-order valence-corrected chi connectivity index (χ3v) is 6.16. The Morgan fingerprint density at radius 1 is 0.542 bits per heavy atom. The normalized spacial score (nSPS) is 14.2. The summed E-state index contributed by atoms with van der Waals surface area (Å²) in [5, 5.41) is 0. The monoisotopic (exact) mass is 339 g/mol. The minimum Gasteiger partial charge on any atom is -0.304 e. The highest BCUT2D eigenvalue weighted by Crippen LogP contribution is 2.24. The van der Waals surface area contributed by atoms with E-state index in [9.17, 15) is 0 Å². The molecule has 0 aliphatic carbocycles. The number of unbranched alkanes of at least 4 members (excludes halogenated alkanes) is 14. The second kappa shape index (κ2) is 16.4. The first kappa shape index (κ1) is 24.0. The van der Waals surface area contributed by atoms with Crippen LogP contribution in [-0.2, 0) is 0 Å². The van der Waals surface area contributed by atoms with E-state index in [4.69, 9.17) is 0 Å². The zero-order valence-corrected chi connectivity index (χ0v) is 18.0. The molecule has 0 fully saturated rings. The van der Waals surface area contributed by atoms with Gasteiger partial charge in [0.05, 0.1) is 0 Å². The smallest absolute Gasteiger partial charge is 0.0172 e. The van der Waals surface area contributed by atoms with E-state index in [1.54, 1.807) is 0 Å². The molecule has 0 radical (unpaired) electrons. The first-order chi connectivity index (χ1) is 11.6. The van der Waals surface area contributed by atoms with Gasteiger partial charge in [0.25, 0.3) is 0 Å². The van der Waals surface area contributed by atoms with Gasteiger partial charge in [0.1, 0.15) is 0 Å². The SMILES string of the molecule is CCCCCCCCCCCCCCCCCC(C)(CC)N(C)C. The van der Waals surface area contributed by atoms with Crippen LogP contribution >= 0.6 is 0 Å². The van der Waals surface area contributed by atoms with E-state index in [1.807, 2.05) is 0 Å². The number of hydrogen-bond acceptors (Lipinski definition) is 1. The van der Waals surface area contributed by atoms with Crippen molar-refractivity contribution >= 4 is 0 Å². The average Bonchev–Trinajstić information content (AvgIpc) is 2.57. The van der Waals surface area contributed by atoms with Crippen LogP contribution in [0.4, 0.5) is 0 Å². The summed E-state index contributed by atoms with van der Waals surface area (Å²) in [6.07, 6.45) is 24.4. The molecule has 0 amide bonds. The molecular formula is C23H49N. The summed E-state index contributed by atoms with van der Waals surface area (Å²) < 4.78 is 0. The van der Waals surface area contributed by atoms with Crippen molar-refractivity contribution in [1.29, 1.82) is 0 Å². The van der Waals surface area contributed by atoms with Gasteiger partial charge in [-0.1, -0.05) is 110 Å². The molecule has 1 atom stereocenters. The van der Waals surface area contributed by atoms with Crippen molar-refractivity contribution in [2.45, 2.75) is 135 Å². The van der Waals surface area contributed by atoms with Crippen LogP contribution in [-0.4, -0.2) is 24.5 Å². The van der Waals surface area contributed by atoms with Crippen LogP contribution in [0.2, 0.25) is 0 Å². The van der Waals surface area contributed by atoms with Gasteiger partial charge in [0.15, 0.2) is 0 Å². The molecule has 146 valence electrons. The van der Waals surface area contributed by atoms with Crippen LogP contribution in [0.25, 0.3) is 0 Å². The average molecular weight is 340 g/mol. The molecule has 1 heteroatoms. The fraction of sp³-hybridized carbons (Fsp3) is 1.00. The molecule has 0 aromatic heterocycles. The van der Waals surface area contributed by atoms with Gasteiger partial charge in [-0.15, -0.1) is 0 Å². The Balaban J connectivity index is 3.23. The fourth-order valence-electron chi connectivity index (χ4n) is 3.59. The largest absolute Gasteiger partial charge is 0.304 e. The molecule has 0 aromatic rings. The van der Waals surface area contributed by atoms with E-state index in [0.717, 1.165) is 0 Å². The zero-order valence-electron chi connectivity index (χ0n) is 18.0. The predicted octanol–water partition coefficient (Wildman–Crippen LogP) is 7.98. The van der Waals surface area contributed by atoms with Gasteiger partial charge in [0, 0.05) is 5.54 Å². The maximum absolute atomic E-state index is 2.41. The first-order valence-electron chi connectivity index (χ1n) is 11.2. The molecule has 0 heterocycles. The lowest BCUT2D eigenvalue weighted by atomic mass is 9.90. The maximum Gasteiger partial charge on any atom is 0.0172 e. The van der Waals surface area contributed by atoms with Crippen molar-refractivity contribution in [2.75, 3.05) is 14.1 Å². The zero-order chi connectivity index (χ0) is 18.1. The minimum atomic E-state index is 0.413. The highest BCUT2D eigenvalue weighted by Gasteiger charge is 2.23. The number of hydrogen-bond donors (Lipinski definition) is 0. The van der Waals surface area contributed by atoms with Gasteiger partial charge < -0.3 is 4.90 Å². The van der Waals surface area contributed by atoms with Gasteiger partial charge in [0.2, 0.25) is 0 Å². The van der Waals surface area contributed by atoms with Crippen LogP contribution in [0.15, 0.2) is 0 Å². The Morgan fingerprint density at radius 3 is 1.17 bits per heavy atom. The van der Waals surface area contributed by atoms with E-state index in [0.29, 0.717) is 5.54 Å². The Morgan fingerprint density at radius 2 is 0.875 bits per heavy atom. The summed E-state index contributed by atoms with van der Waals surface area (Å²) in [5.41, 5.74) is 0.413. The molecule has 0 N–H and O–H groups in total. The standard InChI is InChI=1S/C23H49N/c1-6-8-9-10-11-12-13-14-15-16-17-18-19-20-21-22-23(3,7-2)24(4)5/h6-22H2,1-5H3. The molecular weight excluding hydrogens is 290 g/mol. The predicted molar refractivity (Wildman–Crippen MR) is 112 cm³/mol. The van der Waals surface area contributed by atoms with Gasteiger partial charge >= 0.3 is 0 Å². The highest BCUT2D eigenvalue weighted by atomic mass is 15.1. The molecule has 0 aliphatic heterocycles. The Hall–Kier alpha value is -0.0400. The molecule has 0 saturated heterocycles. The van der Waals surface area contributed by atoms with Crippen molar-refractivity contribution < 1.29 is 0 Å². The molecule has 0 saturated carbocycles. The van der Waals surface area contributed by atoms with Crippen LogP contribution in [0.1, 0.15) is 130 Å². The van der Waals surface area contributed by atoms with Crippen molar-refractivity contribution in [3.8, 4) is 0 Å². The molecule has 0 aromatic carbocycles. The Kier molecular flexibility index (Phi) is 16.4. The quantitative estimate of drug-likeness (QED) is 0.229. The van der Waals surface area contributed by atoms with Crippen LogP contribution in [0.5, 0.6) is 0 Å². The third-order valence-electron chi connectivity index (χ3n) is 6.16. The summed E-state index contributed by atoms with van der Waals surface area (Å²) in [7, 11) is 4.46. The summed E-state index contributed by atoms with van der Waals surface area (Å²) in [6.45, 7) is 7.04. The second-order valence-corrected chi connectivity index (χ2v) is 8.44. The van der Waals surface area contributed by atoms with E-state index in [2.05, 4.69) is 39.8 Å². The molecule has 1 nitrogen and oxygen atoms in total. The van der Waals surface area contributed by atoms with Crippen molar-refractivity contribution in [2.24, 2.45) is 0 Å². The van der Waals surface area contributed by atoms with Gasteiger partial charge in [-0.25, -0.2) is 0 Å². The molecule has 0 bridgehead atoms. The van der Waals surface area contributed by atoms with Gasteiger partial charge in [-0.3, -0.25) is 0 Å². The molecule has 0 rings (SSSR count). The summed E-state index contributed by atoms with van der Waals surface area (Å²) in [4.78, 5) is 2.41. The lowest BCUT2D eigenvalue weighted by Crippen LogP contribution is -2.40. The lowest BCUT2D eigenvalue weighted by molar-refractivity contribution is 0.150. The Labute approximate surface area is 155 Å². The summed E-state index contributed by atoms with van der Waals surface area (Å²) in [5.74, 6) is 0. The maximum atomic E-state index is 2.41. The van der Waals surface area contributed by atoms with E-state index < -0.39 is 0 Å². The highest BCUT2D eigenvalue weighted by molar-refractivity contribution is 4.80. The van der Waals surface area contributed by atoms with Crippen LogP contribution in [0.3, 0.4) is 0 Å². The van der Waals surface area contributed by atoms with E-state index in [1.165, 1.54) is 109 Å². The topological polar surface area (TPSA) is 3.24 Å². The molecule has 0 spiro atoms. The number of nitrogens with zero attached hydrogens (tertiary/aromatic N) is 1. The lowest BCUT2D eigenvalue weighted by Gasteiger charge is -2.35. The molecule has 0 aliphatic rings. The van der Waals surface area contributed by atoms with Gasteiger partial charge in [-0.2, -0.15) is 0 Å². The third kappa shape index (κ3) is 13.3. The van der Waals surface area contributed by atoms with Crippen molar-refractivity contribution in [3.05, 3.63) is 0 Å². The summed E-state index contributed by atoms with van der Waals surface area (Å²) in [6, 6.07) is 0.